The van der Waals surface area contributed by atoms with E-state index in [0.717, 1.165) is 18.4 Å². The number of amides is 1. The lowest BCUT2D eigenvalue weighted by Gasteiger charge is -2.18. The third kappa shape index (κ3) is 10.4. The quantitative estimate of drug-likeness (QED) is 0.310. The second-order valence-corrected chi connectivity index (χ2v) is 6.77. The first kappa shape index (κ1) is 22.7. The second-order valence-electron chi connectivity index (χ2n) is 6.77. The van der Waals surface area contributed by atoms with Gasteiger partial charge in [0.25, 0.3) is 0 Å². The fraction of sp³-hybridized carbons (Fsp3) is 0.571. The van der Waals surface area contributed by atoms with E-state index in [2.05, 4.69) is 12.2 Å². The van der Waals surface area contributed by atoms with Crippen molar-refractivity contribution in [1.29, 1.82) is 0 Å². The molecule has 0 spiro atoms. The first-order valence-electron chi connectivity index (χ1n) is 9.65. The van der Waals surface area contributed by atoms with Gasteiger partial charge in [0.1, 0.15) is 13.0 Å². The molecule has 0 aliphatic heterocycles. The number of rotatable bonds is 13. The van der Waals surface area contributed by atoms with Crippen LogP contribution in [-0.2, 0) is 25.5 Å². The average molecular weight is 377 g/mol. The Morgan fingerprint density at radius 2 is 1.67 bits per heavy atom. The predicted octanol–water partition coefficient (Wildman–Crippen LogP) is 3.78. The van der Waals surface area contributed by atoms with Crippen molar-refractivity contribution < 1.29 is 24.2 Å². The van der Waals surface area contributed by atoms with Gasteiger partial charge in [-0.25, -0.2) is 0 Å². The lowest BCUT2D eigenvalue weighted by atomic mass is 10.0. The molecule has 27 heavy (non-hydrogen) atoms. The van der Waals surface area contributed by atoms with Gasteiger partial charge in [-0.05, 0) is 24.0 Å². The molecule has 6 nitrogen and oxygen atoms in total. The van der Waals surface area contributed by atoms with Crippen LogP contribution in [0.25, 0.3) is 0 Å². The van der Waals surface area contributed by atoms with Gasteiger partial charge in [0.2, 0.25) is 5.91 Å². The molecule has 1 aromatic rings. The number of unbranched alkanes of at least 4 members (excludes halogenated alkanes) is 5. The first-order chi connectivity index (χ1) is 12.9. The van der Waals surface area contributed by atoms with E-state index >= 15 is 0 Å². The van der Waals surface area contributed by atoms with E-state index in [-0.39, 0.29) is 12.5 Å². The van der Waals surface area contributed by atoms with Crippen molar-refractivity contribution in [3.05, 3.63) is 35.4 Å². The number of carboxylic acids is 1. The van der Waals surface area contributed by atoms with E-state index in [1.54, 1.807) is 0 Å². The van der Waals surface area contributed by atoms with Gasteiger partial charge < -0.3 is 15.2 Å². The summed E-state index contributed by atoms with van der Waals surface area (Å²) in [6.45, 7) is 3.50. The number of aryl methyl sites for hydroxylation is 1. The lowest BCUT2D eigenvalue weighted by Crippen LogP contribution is -2.30. The molecule has 0 saturated carbocycles. The highest BCUT2D eigenvalue weighted by molar-refractivity contribution is 5.90. The number of hydrogen-bond acceptors (Lipinski definition) is 4. The fourth-order valence-electron chi connectivity index (χ4n) is 2.84. The number of esters is 1. The van der Waals surface area contributed by atoms with Crippen LogP contribution in [-0.4, -0.2) is 29.6 Å². The van der Waals surface area contributed by atoms with Crippen molar-refractivity contribution in [2.24, 2.45) is 0 Å². The van der Waals surface area contributed by atoms with Crippen LogP contribution in [0.5, 0.6) is 0 Å². The predicted molar refractivity (Wildman–Crippen MR) is 103 cm³/mol. The second kappa shape index (κ2) is 12.9. The fourth-order valence-corrected chi connectivity index (χ4v) is 2.84. The average Bonchev–Trinajstić information content (AvgIpc) is 2.61. The number of carboxylic acid groups (broad SMARTS) is 1. The van der Waals surface area contributed by atoms with E-state index < -0.39 is 24.4 Å². The molecule has 2 N–H and O–H groups in total. The molecular weight excluding hydrogens is 346 g/mol. The molecule has 150 valence electrons. The van der Waals surface area contributed by atoms with Gasteiger partial charge >= 0.3 is 11.9 Å². The molecule has 1 rings (SSSR count). The number of carbonyl (C=O) groups is 3. The summed E-state index contributed by atoms with van der Waals surface area (Å²) in [6.07, 6.45) is 7.85. The highest BCUT2D eigenvalue weighted by Gasteiger charge is 2.17. The minimum Gasteiger partial charge on any atom is -0.481 e. The van der Waals surface area contributed by atoms with Crippen molar-refractivity contribution >= 4 is 17.8 Å². The highest BCUT2D eigenvalue weighted by atomic mass is 16.5. The maximum Gasteiger partial charge on any atom is 0.317 e. The first-order valence-corrected chi connectivity index (χ1v) is 9.65. The maximum absolute atomic E-state index is 11.4. The minimum absolute atomic E-state index is 0.0948. The summed E-state index contributed by atoms with van der Waals surface area (Å²) in [5.74, 6) is -2.31. The molecule has 6 heteroatoms. The van der Waals surface area contributed by atoms with Crippen LogP contribution in [0, 0.1) is 0 Å². The SMILES string of the molecule is CCCCCCCCc1ccc(C(COC(=O)CC(=O)O)NC(C)=O)cc1. The van der Waals surface area contributed by atoms with Gasteiger partial charge in [-0.2, -0.15) is 0 Å². The molecule has 0 fully saturated rings. The van der Waals surface area contributed by atoms with Crippen molar-refractivity contribution in [3.63, 3.8) is 0 Å². The molecule has 1 atom stereocenters. The van der Waals surface area contributed by atoms with Crippen molar-refractivity contribution in [3.8, 4) is 0 Å². The number of carbonyl (C=O) groups excluding carboxylic acids is 2. The van der Waals surface area contributed by atoms with Gasteiger partial charge in [-0.1, -0.05) is 63.3 Å². The lowest BCUT2D eigenvalue weighted by molar-refractivity contribution is -0.152. The van der Waals surface area contributed by atoms with Crippen LogP contribution >= 0.6 is 0 Å². The zero-order valence-electron chi connectivity index (χ0n) is 16.3. The molecule has 0 aliphatic carbocycles. The van der Waals surface area contributed by atoms with E-state index in [1.807, 2.05) is 24.3 Å². The standard InChI is InChI=1S/C21H31NO5/c1-3-4-5-6-7-8-9-17-10-12-18(13-11-17)19(22-16(2)23)15-27-21(26)14-20(24)25/h10-13,19H,3-9,14-15H2,1-2H3,(H,22,23)(H,24,25). The van der Waals surface area contributed by atoms with Crippen LogP contribution in [0.3, 0.4) is 0 Å². The Kier molecular flexibility index (Phi) is 10.8. The van der Waals surface area contributed by atoms with Gasteiger partial charge in [0.05, 0.1) is 6.04 Å². The third-order valence-corrected chi connectivity index (χ3v) is 4.29. The van der Waals surface area contributed by atoms with Gasteiger partial charge in [0.15, 0.2) is 0 Å². The van der Waals surface area contributed by atoms with Gasteiger partial charge in [-0.15, -0.1) is 0 Å². The molecule has 1 amide bonds. The molecule has 1 unspecified atom stereocenters. The number of aliphatic carboxylic acids is 1. The normalized spacial score (nSPS) is 11.6. The number of benzene rings is 1. The summed E-state index contributed by atoms with van der Waals surface area (Å²) in [6, 6.07) is 7.38. The summed E-state index contributed by atoms with van der Waals surface area (Å²) in [7, 11) is 0. The molecule has 0 aliphatic rings. The van der Waals surface area contributed by atoms with Crippen molar-refractivity contribution in [2.75, 3.05) is 6.61 Å². The topological polar surface area (TPSA) is 92.7 Å². The van der Waals surface area contributed by atoms with E-state index in [9.17, 15) is 14.4 Å². The summed E-state index contributed by atoms with van der Waals surface area (Å²) in [5, 5.41) is 11.3. The summed E-state index contributed by atoms with van der Waals surface area (Å²) in [5.41, 5.74) is 2.05. The Morgan fingerprint density at radius 1 is 1.04 bits per heavy atom. The number of hydrogen-bond donors (Lipinski definition) is 2. The Morgan fingerprint density at radius 3 is 2.26 bits per heavy atom. The van der Waals surface area contributed by atoms with Crippen molar-refractivity contribution in [2.45, 2.75) is 71.3 Å². The van der Waals surface area contributed by atoms with Crippen LogP contribution in [0.1, 0.15) is 76.0 Å². The minimum atomic E-state index is -1.24. The highest BCUT2D eigenvalue weighted by Crippen LogP contribution is 2.17. The summed E-state index contributed by atoms with van der Waals surface area (Å²) in [4.78, 5) is 33.4. The van der Waals surface area contributed by atoms with E-state index in [0.29, 0.717) is 0 Å². The number of nitrogens with one attached hydrogen (secondary N) is 1. The third-order valence-electron chi connectivity index (χ3n) is 4.29. The molecule has 0 saturated heterocycles. The molecule has 0 radical (unpaired) electrons. The molecule has 0 heterocycles. The van der Waals surface area contributed by atoms with Gasteiger partial charge in [-0.3, -0.25) is 14.4 Å². The zero-order chi connectivity index (χ0) is 20.1. The summed E-state index contributed by atoms with van der Waals surface area (Å²) < 4.78 is 4.98. The van der Waals surface area contributed by atoms with E-state index in [1.165, 1.54) is 44.6 Å². The largest absolute Gasteiger partial charge is 0.481 e. The Labute approximate surface area is 161 Å². The Bertz CT molecular complexity index is 597. The molecular formula is C21H31NO5. The van der Waals surface area contributed by atoms with Crippen molar-refractivity contribution in [1.82, 2.24) is 5.32 Å². The molecule has 1 aromatic carbocycles. The number of ether oxygens (including phenoxy) is 1. The zero-order valence-corrected chi connectivity index (χ0v) is 16.3. The maximum atomic E-state index is 11.4. The van der Waals surface area contributed by atoms with Gasteiger partial charge in [0, 0.05) is 6.92 Å². The Balaban J connectivity index is 2.54. The Hall–Kier alpha value is -2.37. The monoisotopic (exact) mass is 377 g/mol. The van der Waals surface area contributed by atoms with Crippen LogP contribution in [0.15, 0.2) is 24.3 Å². The molecule has 0 aromatic heterocycles. The van der Waals surface area contributed by atoms with E-state index in [4.69, 9.17) is 9.84 Å². The summed E-state index contributed by atoms with van der Waals surface area (Å²) >= 11 is 0. The molecule has 0 bridgehead atoms. The smallest absolute Gasteiger partial charge is 0.317 e. The van der Waals surface area contributed by atoms with Crippen LogP contribution < -0.4 is 5.32 Å². The van der Waals surface area contributed by atoms with Crippen LogP contribution in [0.4, 0.5) is 0 Å². The van der Waals surface area contributed by atoms with Crippen LogP contribution in [0.2, 0.25) is 0 Å².